The van der Waals surface area contributed by atoms with E-state index in [4.69, 9.17) is 18.9 Å². The third-order valence-corrected chi connectivity index (χ3v) is 6.53. The summed E-state index contributed by atoms with van der Waals surface area (Å²) in [5.74, 6) is -0.116. The molecular weight excluding hydrogens is 428 g/mol. The number of carbonyl (C=O) groups excluding carboxylic acids is 1. The molecule has 0 spiro atoms. The molecule has 0 radical (unpaired) electrons. The van der Waals surface area contributed by atoms with Crippen LogP contribution in [0.25, 0.3) is 0 Å². The van der Waals surface area contributed by atoms with Crippen LogP contribution in [0, 0.1) is 5.92 Å². The van der Waals surface area contributed by atoms with Gasteiger partial charge >= 0.3 is 0 Å². The number of Topliss-reactive ketones (excluding diaryl/α,β-unsaturated/α-hetero) is 1. The van der Waals surface area contributed by atoms with Crippen molar-refractivity contribution >= 4 is 5.78 Å². The lowest BCUT2D eigenvalue weighted by molar-refractivity contribution is -0.257. The van der Waals surface area contributed by atoms with E-state index in [0.29, 0.717) is 32.8 Å². The van der Waals surface area contributed by atoms with Crippen LogP contribution in [0.1, 0.15) is 23.1 Å². The molecule has 1 aliphatic carbocycles. The molecule has 2 fully saturated rings. The predicted molar refractivity (Wildman–Crippen MR) is 128 cm³/mol. The molecule has 5 atom stereocenters. The van der Waals surface area contributed by atoms with Gasteiger partial charge in [-0.2, -0.15) is 0 Å². The van der Waals surface area contributed by atoms with E-state index in [9.17, 15) is 4.79 Å². The first-order valence-electron chi connectivity index (χ1n) is 11.9. The molecule has 0 bridgehead atoms. The van der Waals surface area contributed by atoms with E-state index in [2.05, 4.69) is 0 Å². The van der Waals surface area contributed by atoms with Gasteiger partial charge in [-0.15, -0.1) is 0 Å². The molecule has 1 heterocycles. The molecule has 5 nitrogen and oxygen atoms in total. The van der Waals surface area contributed by atoms with Gasteiger partial charge in [-0.25, -0.2) is 0 Å². The van der Waals surface area contributed by atoms with E-state index >= 15 is 0 Å². The molecule has 1 saturated carbocycles. The Morgan fingerprint density at radius 3 is 1.71 bits per heavy atom. The van der Waals surface area contributed by atoms with Gasteiger partial charge < -0.3 is 18.9 Å². The normalized spacial score (nSPS) is 26.0. The van der Waals surface area contributed by atoms with Gasteiger partial charge in [0.2, 0.25) is 0 Å². The molecule has 0 amide bonds. The summed E-state index contributed by atoms with van der Waals surface area (Å²) in [6, 6.07) is 30.1. The third kappa shape index (κ3) is 5.45. The van der Waals surface area contributed by atoms with E-state index in [-0.39, 0.29) is 30.0 Å². The number of ketones is 1. The molecule has 0 aromatic heterocycles. The molecule has 1 saturated heterocycles. The van der Waals surface area contributed by atoms with Crippen molar-refractivity contribution < 1.29 is 23.7 Å². The molecule has 34 heavy (non-hydrogen) atoms. The van der Waals surface area contributed by atoms with Crippen LogP contribution in [-0.2, 0) is 43.6 Å². The summed E-state index contributed by atoms with van der Waals surface area (Å²) in [5.41, 5.74) is 3.24. The zero-order chi connectivity index (χ0) is 23.2. The number of hydrogen-bond donors (Lipinski definition) is 0. The molecule has 0 unspecified atom stereocenters. The van der Waals surface area contributed by atoms with Gasteiger partial charge in [0.15, 0.2) is 0 Å². The van der Waals surface area contributed by atoms with Gasteiger partial charge in [-0.3, -0.25) is 4.79 Å². The number of hydrogen-bond acceptors (Lipinski definition) is 5. The van der Waals surface area contributed by atoms with Crippen molar-refractivity contribution in [2.45, 2.75) is 50.7 Å². The number of ether oxygens (including phenoxy) is 4. The van der Waals surface area contributed by atoms with Crippen LogP contribution in [0.3, 0.4) is 0 Å². The largest absolute Gasteiger partial charge is 0.374 e. The molecule has 0 N–H and O–H groups in total. The summed E-state index contributed by atoms with van der Waals surface area (Å²) in [7, 11) is 0. The van der Waals surface area contributed by atoms with Crippen LogP contribution in [0.15, 0.2) is 91.0 Å². The average molecular weight is 459 g/mol. The van der Waals surface area contributed by atoms with Crippen molar-refractivity contribution in [1.29, 1.82) is 0 Å². The quantitative estimate of drug-likeness (QED) is 0.440. The van der Waals surface area contributed by atoms with E-state index in [0.717, 1.165) is 16.7 Å². The van der Waals surface area contributed by atoms with Crippen molar-refractivity contribution in [1.82, 2.24) is 0 Å². The lowest BCUT2D eigenvalue weighted by atomic mass is 9.72. The smallest absolute Gasteiger partial charge is 0.143 e. The predicted octanol–water partition coefficient (Wildman–Crippen LogP) is 4.73. The Bertz CT molecular complexity index is 1040. The Hall–Kier alpha value is -2.83. The maximum absolute atomic E-state index is 12.6. The SMILES string of the molecule is O=C1C[C@H]2O[C@H](COCc3ccccc3)[C@H](OCc3ccccc3)[C@H](OCc3ccccc3)[C@@H]12. The van der Waals surface area contributed by atoms with Gasteiger partial charge in [0.1, 0.15) is 18.0 Å². The maximum Gasteiger partial charge on any atom is 0.143 e. The Morgan fingerprint density at radius 2 is 1.18 bits per heavy atom. The minimum absolute atomic E-state index is 0.143. The van der Waals surface area contributed by atoms with Crippen molar-refractivity contribution in [3.05, 3.63) is 108 Å². The average Bonchev–Trinajstić information content (AvgIpc) is 2.88. The molecule has 2 aliphatic rings. The lowest BCUT2D eigenvalue weighted by Crippen LogP contribution is -2.64. The van der Waals surface area contributed by atoms with Crippen LogP contribution in [0.4, 0.5) is 0 Å². The van der Waals surface area contributed by atoms with Crippen LogP contribution < -0.4 is 0 Å². The highest BCUT2D eigenvalue weighted by Crippen LogP contribution is 2.41. The van der Waals surface area contributed by atoms with E-state index in [1.807, 2.05) is 91.0 Å². The number of rotatable bonds is 10. The fourth-order valence-electron chi connectivity index (χ4n) is 4.69. The highest BCUT2D eigenvalue weighted by molar-refractivity contribution is 5.89. The summed E-state index contributed by atoms with van der Waals surface area (Å²) >= 11 is 0. The van der Waals surface area contributed by atoms with Gasteiger partial charge in [0.25, 0.3) is 0 Å². The van der Waals surface area contributed by atoms with Crippen molar-refractivity contribution in [2.75, 3.05) is 6.61 Å². The summed E-state index contributed by atoms with van der Waals surface area (Å²) < 4.78 is 25.2. The van der Waals surface area contributed by atoms with Gasteiger partial charge in [0, 0.05) is 6.42 Å². The summed E-state index contributed by atoms with van der Waals surface area (Å²) in [6.07, 6.45) is -0.826. The lowest BCUT2D eigenvalue weighted by Gasteiger charge is -2.50. The van der Waals surface area contributed by atoms with Crippen molar-refractivity contribution in [3.63, 3.8) is 0 Å². The monoisotopic (exact) mass is 458 g/mol. The highest BCUT2D eigenvalue weighted by Gasteiger charge is 2.56. The fraction of sp³-hybridized carbons (Fsp3) is 0.345. The molecular formula is C29H30O5. The zero-order valence-electron chi connectivity index (χ0n) is 19.1. The van der Waals surface area contributed by atoms with Crippen LogP contribution in [-0.4, -0.2) is 36.8 Å². The van der Waals surface area contributed by atoms with Crippen LogP contribution in [0.2, 0.25) is 0 Å². The third-order valence-electron chi connectivity index (χ3n) is 6.53. The molecule has 5 rings (SSSR count). The molecule has 176 valence electrons. The first kappa shape index (κ1) is 22.9. The standard InChI is InChI=1S/C29H30O5/c30-24-16-25-27(24)29(33-19-23-14-8-3-9-15-23)28(32-18-22-12-6-2-7-13-22)26(34-25)20-31-17-21-10-4-1-5-11-21/h1-15,25-29H,16-20H2/t25-,26-,27+,28+,29-/m1/s1. The van der Waals surface area contributed by atoms with Crippen LogP contribution in [0.5, 0.6) is 0 Å². The first-order valence-corrected chi connectivity index (χ1v) is 11.9. The fourth-order valence-corrected chi connectivity index (χ4v) is 4.69. The van der Waals surface area contributed by atoms with Gasteiger partial charge in [-0.05, 0) is 16.7 Å². The Labute approximate surface area is 200 Å². The van der Waals surface area contributed by atoms with Crippen molar-refractivity contribution in [3.8, 4) is 0 Å². The number of benzene rings is 3. The van der Waals surface area contributed by atoms with Gasteiger partial charge in [0.05, 0.1) is 44.6 Å². The molecule has 5 heteroatoms. The summed E-state index contributed by atoms with van der Waals surface area (Å²) in [4.78, 5) is 12.6. The van der Waals surface area contributed by atoms with Crippen LogP contribution >= 0.6 is 0 Å². The Morgan fingerprint density at radius 1 is 0.676 bits per heavy atom. The van der Waals surface area contributed by atoms with Gasteiger partial charge in [-0.1, -0.05) is 91.0 Å². The zero-order valence-corrected chi connectivity index (χ0v) is 19.1. The van der Waals surface area contributed by atoms with E-state index in [1.165, 1.54) is 0 Å². The number of fused-ring (bicyclic) bond motifs is 1. The maximum atomic E-state index is 12.6. The minimum atomic E-state index is -0.412. The second-order valence-electron chi connectivity index (χ2n) is 8.93. The Balaban J connectivity index is 1.31. The second-order valence-corrected chi connectivity index (χ2v) is 8.93. The highest BCUT2D eigenvalue weighted by atomic mass is 16.6. The molecule has 3 aromatic rings. The molecule has 3 aromatic carbocycles. The topological polar surface area (TPSA) is 54.0 Å². The number of carbonyl (C=O) groups is 1. The van der Waals surface area contributed by atoms with E-state index in [1.54, 1.807) is 0 Å². The second kappa shape index (κ2) is 11.1. The van der Waals surface area contributed by atoms with E-state index < -0.39 is 6.10 Å². The molecule has 1 aliphatic heterocycles. The summed E-state index contributed by atoms with van der Waals surface area (Å²) in [6.45, 7) is 1.71. The van der Waals surface area contributed by atoms with Crippen molar-refractivity contribution in [2.24, 2.45) is 5.92 Å². The Kier molecular flexibility index (Phi) is 7.46. The summed E-state index contributed by atoms with van der Waals surface area (Å²) in [5, 5.41) is 0. The first-order chi connectivity index (χ1) is 16.8. The minimum Gasteiger partial charge on any atom is -0.374 e.